The molecular weight excluding hydrogens is 198 g/mol. The molecule has 0 aliphatic rings. The zero-order chi connectivity index (χ0) is 11.8. The molecule has 0 aliphatic carbocycles. The van der Waals surface area contributed by atoms with Crippen molar-refractivity contribution in [1.82, 2.24) is 0 Å². The minimum atomic E-state index is -0.554. The Balaban J connectivity index is 4.35. The Labute approximate surface area is 89.2 Å². The van der Waals surface area contributed by atoms with Gasteiger partial charge in [-0.2, -0.15) is 0 Å². The van der Waals surface area contributed by atoms with Crippen molar-refractivity contribution < 1.29 is 19.1 Å². The molecule has 2 atom stereocenters. The molecule has 0 fully saturated rings. The fraction of sp³-hybridized carbons (Fsp3) is 0.700. The van der Waals surface area contributed by atoms with Gasteiger partial charge in [-0.1, -0.05) is 6.92 Å². The van der Waals surface area contributed by atoms with Gasteiger partial charge in [0.2, 0.25) is 6.54 Å². The molecule has 0 radical (unpaired) electrons. The van der Waals surface area contributed by atoms with E-state index < -0.39 is 17.8 Å². The number of ether oxygens (including phenoxy) is 2. The monoisotopic (exact) mass is 213 g/mol. The number of carbonyl (C=O) groups is 2. The van der Waals surface area contributed by atoms with Crippen LogP contribution in [0.2, 0.25) is 0 Å². The van der Waals surface area contributed by atoms with Crippen LogP contribution in [0.1, 0.15) is 13.3 Å². The summed E-state index contributed by atoms with van der Waals surface area (Å²) < 4.78 is 9.08. The van der Waals surface area contributed by atoms with Gasteiger partial charge in [0, 0.05) is 0 Å². The van der Waals surface area contributed by atoms with Crippen LogP contribution in [0.15, 0.2) is 0 Å². The lowest BCUT2D eigenvalue weighted by molar-refractivity contribution is -0.148. The summed E-state index contributed by atoms with van der Waals surface area (Å²) in [5.74, 6) is -1.79. The normalized spacial score (nSPS) is 13.5. The lowest BCUT2D eigenvalue weighted by atomic mass is 9.96. The molecule has 0 aromatic carbocycles. The van der Waals surface area contributed by atoms with Crippen molar-refractivity contribution in [2.45, 2.75) is 13.3 Å². The fourth-order valence-corrected chi connectivity index (χ4v) is 1.25. The van der Waals surface area contributed by atoms with E-state index in [2.05, 4.69) is 14.3 Å². The molecule has 0 unspecified atom stereocenters. The summed E-state index contributed by atoms with van der Waals surface area (Å²) in [6.07, 6.45) is 0.279. The summed E-state index contributed by atoms with van der Waals surface area (Å²) in [6.45, 7) is 8.39. The van der Waals surface area contributed by atoms with E-state index in [1.54, 1.807) is 6.92 Å². The molecule has 0 saturated carbocycles. The van der Waals surface area contributed by atoms with Crippen molar-refractivity contribution in [1.29, 1.82) is 0 Å². The molecule has 15 heavy (non-hydrogen) atoms. The van der Waals surface area contributed by atoms with Crippen molar-refractivity contribution in [2.75, 3.05) is 20.8 Å². The lowest BCUT2D eigenvalue weighted by Crippen LogP contribution is -2.24. The van der Waals surface area contributed by atoms with Crippen LogP contribution in [-0.2, 0) is 19.1 Å². The Morgan fingerprint density at radius 3 is 2.20 bits per heavy atom. The third-order valence-electron chi connectivity index (χ3n) is 2.09. The highest BCUT2D eigenvalue weighted by atomic mass is 16.5. The molecule has 0 amide bonds. The number of esters is 2. The van der Waals surface area contributed by atoms with Crippen LogP contribution in [0.5, 0.6) is 0 Å². The summed E-state index contributed by atoms with van der Waals surface area (Å²) >= 11 is 0. The molecule has 0 heterocycles. The zero-order valence-corrected chi connectivity index (χ0v) is 9.15. The van der Waals surface area contributed by atoms with Crippen LogP contribution in [0, 0.1) is 18.4 Å². The molecule has 84 valence electrons. The molecule has 0 rings (SSSR count). The number of hydrogen-bond donors (Lipinski definition) is 0. The molecule has 0 spiro atoms. The highest BCUT2D eigenvalue weighted by Crippen LogP contribution is 2.15. The van der Waals surface area contributed by atoms with Crippen LogP contribution in [-0.4, -0.2) is 32.7 Å². The van der Waals surface area contributed by atoms with Crippen molar-refractivity contribution in [2.24, 2.45) is 11.8 Å². The first kappa shape index (κ1) is 13.4. The van der Waals surface area contributed by atoms with E-state index in [-0.39, 0.29) is 18.9 Å². The minimum absolute atomic E-state index is 0.0357. The third kappa shape index (κ3) is 4.45. The molecular formula is C10H15NO4. The number of carbonyl (C=O) groups excluding carboxylic acids is 2. The zero-order valence-electron chi connectivity index (χ0n) is 9.15. The summed E-state index contributed by atoms with van der Waals surface area (Å²) in [4.78, 5) is 25.5. The second-order valence-electron chi connectivity index (χ2n) is 3.22. The molecule has 0 aromatic rings. The number of methoxy groups -OCH3 is 2. The first-order chi connectivity index (χ1) is 7.06. The van der Waals surface area contributed by atoms with Crippen molar-refractivity contribution in [3.8, 4) is 0 Å². The van der Waals surface area contributed by atoms with Gasteiger partial charge in [0.15, 0.2) is 0 Å². The van der Waals surface area contributed by atoms with Gasteiger partial charge in [-0.3, -0.25) is 9.59 Å². The van der Waals surface area contributed by atoms with Crippen LogP contribution in [0.3, 0.4) is 0 Å². The van der Waals surface area contributed by atoms with Crippen LogP contribution in [0.4, 0.5) is 0 Å². The Hall–Kier alpha value is -1.57. The first-order valence-electron chi connectivity index (χ1n) is 4.55. The first-order valence-corrected chi connectivity index (χ1v) is 4.55. The predicted octanol–water partition coefficient (Wildman–Crippen LogP) is 0.894. The second-order valence-corrected chi connectivity index (χ2v) is 3.22. The molecule has 0 saturated heterocycles. The van der Waals surface area contributed by atoms with Gasteiger partial charge >= 0.3 is 11.9 Å². The highest BCUT2D eigenvalue weighted by molar-refractivity contribution is 5.76. The van der Waals surface area contributed by atoms with E-state index in [0.717, 1.165) is 0 Å². The molecule has 5 nitrogen and oxygen atoms in total. The topological polar surface area (TPSA) is 57.0 Å². The van der Waals surface area contributed by atoms with Crippen LogP contribution in [0.25, 0.3) is 4.85 Å². The number of hydrogen-bond acceptors (Lipinski definition) is 4. The SMILES string of the molecule is [C-]#[N+]C[C@@H](C[C@H](C)C(=O)OC)C(=O)OC. The highest BCUT2D eigenvalue weighted by Gasteiger charge is 2.27. The predicted molar refractivity (Wildman–Crippen MR) is 52.8 cm³/mol. The maximum Gasteiger partial charge on any atom is 0.316 e. The summed E-state index contributed by atoms with van der Waals surface area (Å²) in [5, 5.41) is 0. The van der Waals surface area contributed by atoms with Gasteiger partial charge in [-0.05, 0) is 6.42 Å². The fourth-order valence-electron chi connectivity index (χ4n) is 1.25. The Morgan fingerprint density at radius 1 is 1.27 bits per heavy atom. The molecule has 0 aromatic heterocycles. The molecule has 0 N–H and O–H groups in total. The van der Waals surface area contributed by atoms with Gasteiger partial charge < -0.3 is 14.3 Å². The lowest BCUT2D eigenvalue weighted by Gasteiger charge is -2.13. The van der Waals surface area contributed by atoms with Crippen molar-refractivity contribution >= 4 is 11.9 Å². The Morgan fingerprint density at radius 2 is 1.80 bits per heavy atom. The van der Waals surface area contributed by atoms with Gasteiger partial charge in [0.25, 0.3) is 0 Å². The van der Waals surface area contributed by atoms with E-state index in [1.807, 2.05) is 0 Å². The van der Waals surface area contributed by atoms with Gasteiger partial charge in [-0.25, -0.2) is 6.57 Å². The van der Waals surface area contributed by atoms with Crippen LogP contribution >= 0.6 is 0 Å². The quantitative estimate of drug-likeness (QED) is 0.503. The smallest absolute Gasteiger partial charge is 0.316 e. The molecule has 5 heteroatoms. The molecule has 0 bridgehead atoms. The van der Waals surface area contributed by atoms with Crippen LogP contribution < -0.4 is 0 Å². The summed E-state index contributed by atoms with van der Waals surface area (Å²) in [5.41, 5.74) is 0. The van der Waals surface area contributed by atoms with Gasteiger partial charge in [0.1, 0.15) is 5.92 Å². The summed E-state index contributed by atoms with van der Waals surface area (Å²) in [7, 11) is 2.56. The Bertz CT molecular complexity index is 269. The average molecular weight is 213 g/mol. The summed E-state index contributed by atoms with van der Waals surface area (Å²) in [6, 6.07) is 0. The Kier molecular flexibility index (Phi) is 6.11. The third-order valence-corrected chi connectivity index (χ3v) is 2.09. The van der Waals surface area contributed by atoms with E-state index >= 15 is 0 Å². The second kappa shape index (κ2) is 6.82. The van der Waals surface area contributed by atoms with Gasteiger partial charge in [-0.15, -0.1) is 0 Å². The molecule has 0 aliphatic heterocycles. The van der Waals surface area contributed by atoms with E-state index in [9.17, 15) is 9.59 Å². The van der Waals surface area contributed by atoms with E-state index in [0.29, 0.717) is 0 Å². The van der Waals surface area contributed by atoms with Gasteiger partial charge in [0.05, 0.1) is 20.1 Å². The maximum absolute atomic E-state index is 11.2. The van der Waals surface area contributed by atoms with Crippen molar-refractivity contribution in [3.05, 3.63) is 11.4 Å². The standard InChI is InChI=1S/C10H15NO4/c1-7(9(12)14-3)5-8(6-11-2)10(13)15-4/h7-8H,5-6H2,1,3-4H3/t7-,8+/m0/s1. The van der Waals surface area contributed by atoms with E-state index in [4.69, 9.17) is 6.57 Å². The maximum atomic E-state index is 11.2. The van der Waals surface area contributed by atoms with E-state index in [1.165, 1.54) is 14.2 Å². The largest absolute Gasteiger partial charge is 0.469 e. The number of nitrogens with zero attached hydrogens (tertiary/aromatic N) is 1. The average Bonchev–Trinajstić information content (AvgIpc) is 2.26. The number of rotatable bonds is 5. The minimum Gasteiger partial charge on any atom is -0.469 e. The van der Waals surface area contributed by atoms with Crippen molar-refractivity contribution in [3.63, 3.8) is 0 Å².